The van der Waals surface area contributed by atoms with E-state index in [1.54, 1.807) is 49.3 Å². The number of carbonyl (C=O) groups is 1. The van der Waals surface area contributed by atoms with Crippen LogP contribution in [0.2, 0.25) is 0 Å². The molecule has 0 saturated heterocycles. The van der Waals surface area contributed by atoms with E-state index >= 15 is 0 Å². The maximum Gasteiger partial charge on any atom is 0.255 e. The Morgan fingerprint density at radius 3 is 2.13 bits per heavy atom. The summed E-state index contributed by atoms with van der Waals surface area (Å²) < 4.78 is 10.5. The first-order valence-electron chi connectivity index (χ1n) is 9.98. The van der Waals surface area contributed by atoms with E-state index in [0.717, 1.165) is 11.2 Å². The number of fused-ring (bicyclic) bond motifs is 1. The average Bonchev–Trinajstić information content (AvgIpc) is 3.22. The molecule has 0 bridgehead atoms. The molecule has 0 atom stereocenters. The molecule has 0 saturated carbocycles. The SMILES string of the molecule is COc1cc(OC)cc(C(=O)Nc2ccc3nn(-c4ccc(C(C)C)cc4)nc3c2)c1. The first kappa shape index (κ1) is 20.4. The van der Waals surface area contributed by atoms with Gasteiger partial charge in [0.15, 0.2) is 0 Å². The molecule has 0 fully saturated rings. The summed E-state index contributed by atoms with van der Waals surface area (Å²) in [5.41, 5.74) is 4.64. The number of carbonyl (C=O) groups excluding carboxylic acids is 1. The molecule has 1 aromatic heterocycles. The third-order valence-electron chi connectivity index (χ3n) is 5.04. The fourth-order valence-electron chi connectivity index (χ4n) is 3.24. The molecule has 7 nitrogen and oxygen atoms in total. The highest BCUT2D eigenvalue weighted by Crippen LogP contribution is 2.24. The van der Waals surface area contributed by atoms with Gasteiger partial charge in [0, 0.05) is 17.3 Å². The molecule has 1 heterocycles. The van der Waals surface area contributed by atoms with Crippen LogP contribution in [0.25, 0.3) is 16.7 Å². The maximum atomic E-state index is 12.7. The van der Waals surface area contributed by atoms with Crippen LogP contribution >= 0.6 is 0 Å². The van der Waals surface area contributed by atoms with E-state index < -0.39 is 0 Å². The Balaban J connectivity index is 1.58. The maximum absolute atomic E-state index is 12.7. The summed E-state index contributed by atoms with van der Waals surface area (Å²) in [6.07, 6.45) is 0. The summed E-state index contributed by atoms with van der Waals surface area (Å²) in [4.78, 5) is 14.3. The minimum atomic E-state index is -0.270. The molecule has 31 heavy (non-hydrogen) atoms. The van der Waals surface area contributed by atoms with Crippen LogP contribution in [-0.4, -0.2) is 35.1 Å². The molecule has 0 spiro atoms. The molecule has 7 heteroatoms. The molecule has 0 unspecified atom stereocenters. The van der Waals surface area contributed by atoms with Gasteiger partial charge in [-0.05, 0) is 53.9 Å². The molecule has 1 amide bonds. The van der Waals surface area contributed by atoms with E-state index in [1.165, 1.54) is 5.56 Å². The summed E-state index contributed by atoms with van der Waals surface area (Å²) in [5.74, 6) is 1.29. The van der Waals surface area contributed by atoms with Crippen LogP contribution in [0, 0.1) is 0 Å². The van der Waals surface area contributed by atoms with Gasteiger partial charge in [-0.1, -0.05) is 26.0 Å². The third-order valence-corrected chi connectivity index (χ3v) is 5.04. The van der Waals surface area contributed by atoms with Crippen LogP contribution in [-0.2, 0) is 0 Å². The van der Waals surface area contributed by atoms with Crippen LogP contribution in [0.15, 0.2) is 60.7 Å². The number of anilines is 1. The van der Waals surface area contributed by atoms with Crippen molar-refractivity contribution < 1.29 is 14.3 Å². The van der Waals surface area contributed by atoms with Crippen LogP contribution in [0.1, 0.15) is 35.7 Å². The predicted molar refractivity (Wildman–Crippen MR) is 120 cm³/mol. The fraction of sp³-hybridized carbons (Fsp3) is 0.208. The highest BCUT2D eigenvalue weighted by molar-refractivity contribution is 6.05. The van der Waals surface area contributed by atoms with Gasteiger partial charge in [-0.25, -0.2) is 0 Å². The molecule has 0 aliphatic carbocycles. The van der Waals surface area contributed by atoms with Gasteiger partial charge in [0.2, 0.25) is 0 Å². The number of methoxy groups -OCH3 is 2. The third kappa shape index (κ3) is 4.35. The zero-order valence-electron chi connectivity index (χ0n) is 17.9. The summed E-state index contributed by atoms with van der Waals surface area (Å²) in [7, 11) is 3.09. The predicted octanol–water partition coefficient (Wildman–Crippen LogP) is 4.81. The molecule has 0 aliphatic rings. The molecule has 4 rings (SSSR count). The zero-order valence-corrected chi connectivity index (χ0v) is 17.9. The Kier molecular flexibility index (Phi) is 5.58. The van der Waals surface area contributed by atoms with Crippen molar-refractivity contribution in [2.24, 2.45) is 0 Å². The molecular weight excluding hydrogens is 392 g/mol. The quantitative estimate of drug-likeness (QED) is 0.488. The lowest BCUT2D eigenvalue weighted by atomic mass is 10.0. The van der Waals surface area contributed by atoms with Crippen molar-refractivity contribution in [3.63, 3.8) is 0 Å². The first-order chi connectivity index (χ1) is 15.0. The fourth-order valence-corrected chi connectivity index (χ4v) is 3.24. The second-order valence-corrected chi connectivity index (χ2v) is 7.49. The Labute approximate surface area is 180 Å². The second-order valence-electron chi connectivity index (χ2n) is 7.49. The second kappa shape index (κ2) is 8.47. The van der Waals surface area contributed by atoms with Gasteiger partial charge in [0.05, 0.1) is 19.9 Å². The highest BCUT2D eigenvalue weighted by Gasteiger charge is 2.12. The Morgan fingerprint density at radius 1 is 0.871 bits per heavy atom. The lowest BCUT2D eigenvalue weighted by Gasteiger charge is -2.09. The topological polar surface area (TPSA) is 78.3 Å². The van der Waals surface area contributed by atoms with Gasteiger partial charge in [0.25, 0.3) is 5.91 Å². The van der Waals surface area contributed by atoms with Gasteiger partial charge in [-0.2, -0.15) is 4.80 Å². The van der Waals surface area contributed by atoms with E-state index in [2.05, 4.69) is 41.5 Å². The van der Waals surface area contributed by atoms with Crippen molar-refractivity contribution in [2.45, 2.75) is 19.8 Å². The molecule has 3 aromatic carbocycles. The van der Waals surface area contributed by atoms with Crippen molar-refractivity contribution >= 4 is 22.6 Å². The van der Waals surface area contributed by atoms with Crippen LogP contribution in [0.4, 0.5) is 5.69 Å². The number of hydrogen-bond donors (Lipinski definition) is 1. The Morgan fingerprint density at radius 2 is 1.52 bits per heavy atom. The molecular formula is C24H24N4O3. The lowest BCUT2D eigenvalue weighted by Crippen LogP contribution is -2.12. The molecule has 1 N–H and O–H groups in total. The summed E-state index contributed by atoms with van der Waals surface area (Å²) >= 11 is 0. The van der Waals surface area contributed by atoms with Crippen molar-refractivity contribution in [1.29, 1.82) is 0 Å². The number of nitrogens with one attached hydrogen (secondary N) is 1. The monoisotopic (exact) mass is 416 g/mol. The van der Waals surface area contributed by atoms with E-state index in [4.69, 9.17) is 9.47 Å². The highest BCUT2D eigenvalue weighted by atomic mass is 16.5. The average molecular weight is 416 g/mol. The van der Waals surface area contributed by atoms with Gasteiger partial charge in [-0.15, -0.1) is 10.2 Å². The van der Waals surface area contributed by atoms with E-state index in [1.807, 2.05) is 18.2 Å². The van der Waals surface area contributed by atoms with Crippen molar-refractivity contribution in [1.82, 2.24) is 15.0 Å². The number of aromatic nitrogens is 3. The number of amides is 1. The largest absolute Gasteiger partial charge is 0.497 e. The van der Waals surface area contributed by atoms with Gasteiger partial charge >= 0.3 is 0 Å². The van der Waals surface area contributed by atoms with Crippen molar-refractivity contribution in [3.8, 4) is 17.2 Å². The molecule has 4 aromatic rings. The van der Waals surface area contributed by atoms with Crippen LogP contribution in [0.3, 0.4) is 0 Å². The number of nitrogens with zero attached hydrogens (tertiary/aromatic N) is 3. The number of hydrogen-bond acceptors (Lipinski definition) is 5. The summed E-state index contributed by atoms with van der Waals surface area (Å²) in [6, 6.07) is 18.7. The van der Waals surface area contributed by atoms with Gasteiger partial charge in [-0.3, -0.25) is 4.79 Å². The lowest BCUT2D eigenvalue weighted by molar-refractivity contribution is 0.102. The molecule has 158 valence electrons. The smallest absolute Gasteiger partial charge is 0.255 e. The van der Waals surface area contributed by atoms with Gasteiger partial charge < -0.3 is 14.8 Å². The minimum Gasteiger partial charge on any atom is -0.497 e. The summed E-state index contributed by atoms with van der Waals surface area (Å²) in [6.45, 7) is 4.32. The normalized spacial score (nSPS) is 11.0. The first-order valence-corrected chi connectivity index (χ1v) is 9.98. The minimum absolute atomic E-state index is 0.270. The van der Waals surface area contributed by atoms with E-state index in [-0.39, 0.29) is 5.91 Å². The van der Waals surface area contributed by atoms with Crippen molar-refractivity contribution in [2.75, 3.05) is 19.5 Å². The molecule has 0 radical (unpaired) electrons. The number of ether oxygens (including phenoxy) is 2. The van der Waals surface area contributed by atoms with E-state index in [9.17, 15) is 4.79 Å². The van der Waals surface area contributed by atoms with Gasteiger partial charge in [0.1, 0.15) is 22.5 Å². The van der Waals surface area contributed by atoms with E-state index in [0.29, 0.717) is 34.2 Å². The molecule has 0 aliphatic heterocycles. The van der Waals surface area contributed by atoms with Crippen LogP contribution in [0.5, 0.6) is 11.5 Å². The zero-order chi connectivity index (χ0) is 22.0. The summed E-state index contributed by atoms with van der Waals surface area (Å²) in [5, 5.41) is 12.0. The number of rotatable bonds is 6. The number of benzene rings is 3. The standard InChI is InChI=1S/C24H24N4O3/c1-15(2)16-5-8-19(9-6-16)28-26-22-10-7-18(13-23(22)27-28)25-24(29)17-11-20(30-3)14-21(12-17)31-4/h5-15H,1-4H3,(H,25,29). The Bertz CT molecular complexity index is 1210. The Hall–Kier alpha value is -3.87. The van der Waals surface area contributed by atoms with Crippen LogP contribution < -0.4 is 14.8 Å². The van der Waals surface area contributed by atoms with Crippen molar-refractivity contribution in [3.05, 3.63) is 71.8 Å².